The second-order valence-electron chi connectivity index (χ2n) is 6.87. The lowest BCUT2D eigenvalue weighted by molar-refractivity contribution is -0.122. The van der Waals surface area contributed by atoms with E-state index in [0.717, 1.165) is 17.3 Å². The number of aryl methyl sites for hydroxylation is 1. The van der Waals surface area contributed by atoms with Crippen LogP contribution < -0.4 is 15.4 Å². The van der Waals surface area contributed by atoms with Crippen molar-refractivity contribution in [3.8, 4) is 11.6 Å². The van der Waals surface area contributed by atoms with E-state index in [1.807, 2.05) is 78.4 Å². The summed E-state index contributed by atoms with van der Waals surface area (Å²) in [7, 11) is 0. The summed E-state index contributed by atoms with van der Waals surface area (Å²) in [5.41, 5.74) is 1.51. The zero-order valence-corrected chi connectivity index (χ0v) is 17.2. The molecular weight excluding hydrogens is 392 g/mol. The van der Waals surface area contributed by atoms with E-state index in [2.05, 4.69) is 25.6 Å². The largest absolute Gasteiger partial charge is 0.481 e. The second-order valence-corrected chi connectivity index (χ2v) is 6.87. The van der Waals surface area contributed by atoms with Crippen LogP contribution in [0.15, 0.2) is 79.4 Å². The number of benzene rings is 2. The van der Waals surface area contributed by atoms with Gasteiger partial charge in [-0.1, -0.05) is 18.2 Å². The van der Waals surface area contributed by atoms with Crippen molar-refractivity contribution in [2.45, 2.75) is 20.0 Å². The number of anilines is 3. The van der Waals surface area contributed by atoms with Gasteiger partial charge >= 0.3 is 0 Å². The Bertz CT molecular complexity index is 1160. The molecule has 31 heavy (non-hydrogen) atoms. The number of nitrogens with one attached hydrogen (secondary N) is 2. The van der Waals surface area contributed by atoms with Gasteiger partial charge in [0.1, 0.15) is 29.5 Å². The van der Waals surface area contributed by atoms with Crippen LogP contribution in [0.25, 0.3) is 5.82 Å². The van der Waals surface area contributed by atoms with Crippen LogP contribution >= 0.6 is 0 Å². The van der Waals surface area contributed by atoms with Gasteiger partial charge in [0.05, 0.1) is 0 Å². The van der Waals surface area contributed by atoms with Crippen molar-refractivity contribution in [2.24, 2.45) is 0 Å². The molecule has 4 aromatic rings. The Kier molecular flexibility index (Phi) is 5.89. The fraction of sp³-hybridized carbons (Fsp3) is 0.130. The molecule has 0 saturated heterocycles. The smallest absolute Gasteiger partial charge is 0.265 e. The summed E-state index contributed by atoms with van der Waals surface area (Å²) in [6.07, 6.45) is 4.45. The topological polar surface area (TPSA) is 94.0 Å². The molecule has 0 spiro atoms. The van der Waals surface area contributed by atoms with Crippen LogP contribution in [0.4, 0.5) is 17.2 Å². The summed E-state index contributed by atoms with van der Waals surface area (Å²) < 4.78 is 7.54. The predicted octanol–water partition coefficient (Wildman–Crippen LogP) is 4.12. The molecule has 0 aliphatic rings. The van der Waals surface area contributed by atoms with Gasteiger partial charge in [0.2, 0.25) is 0 Å². The standard InChI is InChI=1S/C23H22N6O2/c1-16(31-20-6-4-3-5-7-20)23(30)28-19-10-8-18(9-11-19)27-21-14-22(26-15-25-21)29-13-12-24-17(29)2/h3-16H,1-2H3,(H,28,30)(H,25,26,27). The summed E-state index contributed by atoms with van der Waals surface area (Å²) in [4.78, 5) is 25.2. The third-order valence-corrected chi connectivity index (χ3v) is 4.58. The number of carbonyl (C=O) groups is 1. The molecule has 1 amide bonds. The summed E-state index contributed by atoms with van der Waals surface area (Å²) in [5, 5.41) is 6.10. The van der Waals surface area contributed by atoms with Gasteiger partial charge < -0.3 is 15.4 Å². The molecule has 8 nitrogen and oxygen atoms in total. The van der Waals surface area contributed by atoms with Crippen LogP contribution in [-0.2, 0) is 4.79 Å². The van der Waals surface area contributed by atoms with Crippen LogP contribution in [0.5, 0.6) is 5.75 Å². The maximum atomic E-state index is 12.4. The molecule has 2 heterocycles. The molecule has 2 aromatic heterocycles. The van der Waals surface area contributed by atoms with E-state index in [0.29, 0.717) is 17.3 Å². The van der Waals surface area contributed by atoms with Gasteiger partial charge in [0.15, 0.2) is 6.10 Å². The highest BCUT2D eigenvalue weighted by molar-refractivity contribution is 5.94. The molecule has 1 atom stereocenters. The SMILES string of the molecule is Cc1nccn1-c1cc(Nc2ccc(NC(=O)C(C)Oc3ccccc3)cc2)ncn1. The van der Waals surface area contributed by atoms with E-state index in [9.17, 15) is 4.79 Å². The van der Waals surface area contributed by atoms with Crippen molar-refractivity contribution in [1.29, 1.82) is 0 Å². The summed E-state index contributed by atoms with van der Waals surface area (Å²) >= 11 is 0. The maximum Gasteiger partial charge on any atom is 0.265 e. The van der Waals surface area contributed by atoms with Gasteiger partial charge in [-0.3, -0.25) is 9.36 Å². The van der Waals surface area contributed by atoms with Crippen LogP contribution in [0, 0.1) is 6.92 Å². The minimum atomic E-state index is -0.619. The van der Waals surface area contributed by atoms with Gasteiger partial charge in [-0.15, -0.1) is 0 Å². The Morgan fingerprint density at radius 1 is 1.00 bits per heavy atom. The fourth-order valence-electron chi connectivity index (χ4n) is 2.95. The predicted molar refractivity (Wildman–Crippen MR) is 119 cm³/mol. The number of hydrogen-bond donors (Lipinski definition) is 2. The van der Waals surface area contributed by atoms with Crippen molar-refractivity contribution in [1.82, 2.24) is 19.5 Å². The number of nitrogens with zero attached hydrogens (tertiary/aromatic N) is 4. The Morgan fingerprint density at radius 3 is 2.45 bits per heavy atom. The van der Waals surface area contributed by atoms with Crippen LogP contribution in [-0.4, -0.2) is 31.5 Å². The molecule has 0 aliphatic carbocycles. The monoisotopic (exact) mass is 414 g/mol. The molecule has 2 N–H and O–H groups in total. The van der Waals surface area contributed by atoms with Crippen molar-refractivity contribution in [3.05, 3.63) is 85.2 Å². The molecule has 4 rings (SSSR count). The van der Waals surface area contributed by atoms with Gasteiger partial charge in [-0.05, 0) is 50.2 Å². The van der Waals surface area contributed by atoms with Crippen molar-refractivity contribution >= 4 is 23.1 Å². The highest BCUT2D eigenvalue weighted by Crippen LogP contribution is 2.19. The minimum Gasteiger partial charge on any atom is -0.481 e. The maximum absolute atomic E-state index is 12.4. The zero-order chi connectivity index (χ0) is 21.6. The Labute approximate surface area is 180 Å². The molecule has 1 unspecified atom stereocenters. The number of aromatic nitrogens is 4. The molecule has 2 aromatic carbocycles. The zero-order valence-electron chi connectivity index (χ0n) is 17.2. The number of para-hydroxylation sites is 1. The summed E-state index contributed by atoms with van der Waals surface area (Å²) in [6.45, 7) is 3.63. The van der Waals surface area contributed by atoms with E-state index in [4.69, 9.17) is 4.74 Å². The average molecular weight is 414 g/mol. The first-order valence-corrected chi connectivity index (χ1v) is 9.80. The average Bonchev–Trinajstić information content (AvgIpc) is 3.22. The van der Waals surface area contributed by atoms with Gasteiger partial charge in [0, 0.05) is 29.8 Å². The Balaban J connectivity index is 1.37. The molecular formula is C23H22N6O2. The van der Waals surface area contributed by atoms with Gasteiger partial charge in [-0.25, -0.2) is 15.0 Å². The van der Waals surface area contributed by atoms with Crippen LogP contribution in [0.1, 0.15) is 12.7 Å². The molecule has 0 bridgehead atoms. The first-order valence-electron chi connectivity index (χ1n) is 9.80. The quantitative estimate of drug-likeness (QED) is 0.472. The van der Waals surface area contributed by atoms with Gasteiger partial charge in [0.25, 0.3) is 5.91 Å². The van der Waals surface area contributed by atoms with Crippen LogP contribution in [0.2, 0.25) is 0 Å². The third-order valence-electron chi connectivity index (χ3n) is 4.58. The molecule has 156 valence electrons. The molecule has 0 radical (unpaired) electrons. The van der Waals surface area contributed by atoms with Gasteiger partial charge in [-0.2, -0.15) is 0 Å². The van der Waals surface area contributed by atoms with E-state index in [1.54, 1.807) is 13.1 Å². The number of rotatable bonds is 7. The Morgan fingerprint density at radius 2 is 1.74 bits per heavy atom. The van der Waals surface area contributed by atoms with Crippen molar-refractivity contribution in [2.75, 3.05) is 10.6 Å². The number of hydrogen-bond acceptors (Lipinski definition) is 6. The number of imidazole rings is 1. The minimum absolute atomic E-state index is 0.222. The number of carbonyl (C=O) groups excluding carboxylic acids is 1. The normalized spacial score (nSPS) is 11.5. The summed E-state index contributed by atoms with van der Waals surface area (Å²) in [5.74, 6) is 2.65. The van der Waals surface area contributed by atoms with E-state index in [1.165, 1.54) is 6.33 Å². The highest BCUT2D eigenvalue weighted by Gasteiger charge is 2.14. The van der Waals surface area contributed by atoms with E-state index >= 15 is 0 Å². The lowest BCUT2D eigenvalue weighted by atomic mass is 10.2. The van der Waals surface area contributed by atoms with E-state index < -0.39 is 6.10 Å². The highest BCUT2D eigenvalue weighted by atomic mass is 16.5. The first kappa shape index (κ1) is 20.1. The number of ether oxygens (including phenoxy) is 1. The molecule has 0 fully saturated rings. The molecule has 8 heteroatoms. The van der Waals surface area contributed by atoms with Crippen LogP contribution in [0.3, 0.4) is 0 Å². The second kappa shape index (κ2) is 9.08. The lowest BCUT2D eigenvalue weighted by Gasteiger charge is -2.15. The fourth-order valence-corrected chi connectivity index (χ4v) is 2.95. The first-order chi connectivity index (χ1) is 15.1. The van der Waals surface area contributed by atoms with Crippen molar-refractivity contribution in [3.63, 3.8) is 0 Å². The molecule has 0 saturated carbocycles. The number of amides is 1. The molecule has 0 aliphatic heterocycles. The van der Waals surface area contributed by atoms with Crippen molar-refractivity contribution < 1.29 is 9.53 Å². The lowest BCUT2D eigenvalue weighted by Crippen LogP contribution is -2.30. The van der Waals surface area contributed by atoms with E-state index in [-0.39, 0.29) is 5.91 Å². The Hall–Kier alpha value is -4.20. The third kappa shape index (κ3) is 5.05. The summed E-state index contributed by atoms with van der Waals surface area (Å²) in [6, 6.07) is 18.5.